The number of hydrogen-bond acceptors (Lipinski definition) is 4. The first-order chi connectivity index (χ1) is 10.2. The fourth-order valence-corrected chi connectivity index (χ4v) is 1.67. The van der Waals surface area contributed by atoms with Gasteiger partial charge in [-0.3, -0.25) is 4.79 Å². The van der Waals surface area contributed by atoms with Crippen molar-refractivity contribution in [2.45, 2.75) is 0 Å². The number of benzene rings is 1. The second kappa shape index (κ2) is 7.14. The third kappa shape index (κ3) is 4.38. The number of nitrogens with zero attached hydrogens (tertiary/aromatic N) is 1. The molecular formula is C15H16N2O4. The van der Waals surface area contributed by atoms with Crippen molar-refractivity contribution in [3.8, 4) is 11.5 Å². The minimum Gasteiger partial charge on any atom is -0.619 e. The molecule has 0 bridgehead atoms. The van der Waals surface area contributed by atoms with E-state index in [1.54, 1.807) is 31.4 Å². The molecule has 0 fully saturated rings. The molecule has 1 heterocycles. The summed E-state index contributed by atoms with van der Waals surface area (Å²) in [6.45, 7) is 0.726. The molecule has 0 unspecified atom stereocenters. The highest BCUT2D eigenvalue weighted by atomic mass is 16.5. The van der Waals surface area contributed by atoms with E-state index in [-0.39, 0.29) is 5.91 Å². The zero-order chi connectivity index (χ0) is 15.1. The molecular weight excluding hydrogens is 272 g/mol. The van der Waals surface area contributed by atoms with Crippen molar-refractivity contribution in [2.75, 3.05) is 20.3 Å². The third-order valence-corrected chi connectivity index (χ3v) is 2.78. The summed E-state index contributed by atoms with van der Waals surface area (Å²) in [7, 11) is 1.60. The van der Waals surface area contributed by atoms with E-state index in [2.05, 4.69) is 5.32 Å². The standard InChI is InChI=1S/C15H16N2O4/c1-20-13-2-4-14(5-3-13)21-11-8-16-15(18)12-6-9-17(19)10-7-12/h2-7,9-10H,8,11H2,1H3,(H,16,18). The number of ether oxygens (including phenoxy) is 2. The van der Waals surface area contributed by atoms with Gasteiger partial charge >= 0.3 is 0 Å². The zero-order valence-electron chi connectivity index (χ0n) is 11.6. The molecule has 1 N–H and O–H groups in total. The number of hydrogen-bond donors (Lipinski definition) is 1. The molecule has 2 aromatic rings. The summed E-state index contributed by atoms with van der Waals surface area (Å²) in [6.07, 6.45) is 2.56. The van der Waals surface area contributed by atoms with Crippen LogP contribution >= 0.6 is 0 Å². The quantitative estimate of drug-likeness (QED) is 0.491. The Morgan fingerprint density at radius 1 is 1.14 bits per heavy atom. The number of methoxy groups -OCH3 is 1. The Labute approximate surface area is 122 Å². The van der Waals surface area contributed by atoms with E-state index in [4.69, 9.17) is 9.47 Å². The van der Waals surface area contributed by atoms with E-state index in [1.807, 2.05) is 0 Å². The molecule has 1 aromatic heterocycles. The molecule has 6 nitrogen and oxygen atoms in total. The van der Waals surface area contributed by atoms with Gasteiger partial charge in [-0.1, -0.05) is 0 Å². The first-order valence-electron chi connectivity index (χ1n) is 6.43. The number of rotatable bonds is 6. The van der Waals surface area contributed by atoms with Crippen molar-refractivity contribution < 1.29 is 19.0 Å². The Hall–Kier alpha value is -2.76. The average molecular weight is 288 g/mol. The summed E-state index contributed by atoms with van der Waals surface area (Å²) in [5.41, 5.74) is 0.437. The van der Waals surface area contributed by atoms with E-state index < -0.39 is 0 Å². The minimum absolute atomic E-state index is 0.242. The Kier molecular flexibility index (Phi) is 4.98. The number of pyridine rings is 1. The Morgan fingerprint density at radius 3 is 2.38 bits per heavy atom. The van der Waals surface area contributed by atoms with Crippen LogP contribution in [0.15, 0.2) is 48.8 Å². The first-order valence-corrected chi connectivity index (χ1v) is 6.43. The van der Waals surface area contributed by atoms with Crippen molar-refractivity contribution >= 4 is 5.91 Å². The van der Waals surface area contributed by atoms with Gasteiger partial charge in [0.2, 0.25) is 0 Å². The molecule has 0 aliphatic heterocycles. The smallest absolute Gasteiger partial charge is 0.251 e. The number of nitrogens with one attached hydrogen (secondary N) is 1. The SMILES string of the molecule is COc1ccc(OCCNC(=O)c2cc[n+]([O-])cc2)cc1. The average Bonchev–Trinajstić information content (AvgIpc) is 2.52. The lowest BCUT2D eigenvalue weighted by molar-refractivity contribution is -0.605. The maximum atomic E-state index is 11.8. The van der Waals surface area contributed by atoms with Crippen molar-refractivity contribution in [1.29, 1.82) is 0 Å². The second-order valence-corrected chi connectivity index (χ2v) is 4.23. The van der Waals surface area contributed by atoms with Crippen molar-refractivity contribution in [1.82, 2.24) is 5.32 Å². The van der Waals surface area contributed by atoms with Gasteiger partial charge in [-0.2, -0.15) is 4.73 Å². The molecule has 0 saturated carbocycles. The monoisotopic (exact) mass is 288 g/mol. The highest BCUT2D eigenvalue weighted by molar-refractivity contribution is 5.93. The number of carbonyl (C=O) groups excluding carboxylic acids is 1. The molecule has 2 rings (SSSR count). The van der Waals surface area contributed by atoms with Crippen LogP contribution < -0.4 is 19.5 Å². The van der Waals surface area contributed by atoms with Crippen LogP contribution in [0.1, 0.15) is 10.4 Å². The van der Waals surface area contributed by atoms with Crippen LogP contribution in [-0.4, -0.2) is 26.2 Å². The van der Waals surface area contributed by atoms with Crippen LogP contribution in [-0.2, 0) is 0 Å². The molecule has 0 aliphatic rings. The van der Waals surface area contributed by atoms with Gasteiger partial charge in [0.25, 0.3) is 5.91 Å². The van der Waals surface area contributed by atoms with E-state index >= 15 is 0 Å². The highest BCUT2D eigenvalue weighted by Gasteiger charge is 2.05. The molecule has 1 aromatic carbocycles. The lowest BCUT2D eigenvalue weighted by atomic mass is 10.2. The minimum atomic E-state index is -0.242. The number of carbonyl (C=O) groups is 1. The predicted molar refractivity (Wildman–Crippen MR) is 76.2 cm³/mol. The molecule has 21 heavy (non-hydrogen) atoms. The summed E-state index contributed by atoms with van der Waals surface area (Å²) in [5.74, 6) is 1.22. The maximum absolute atomic E-state index is 11.8. The topological polar surface area (TPSA) is 74.5 Å². The molecule has 6 heteroatoms. The van der Waals surface area contributed by atoms with Gasteiger partial charge in [-0.15, -0.1) is 0 Å². The van der Waals surface area contributed by atoms with Gasteiger partial charge in [-0.05, 0) is 24.3 Å². The first kappa shape index (κ1) is 14.6. The van der Waals surface area contributed by atoms with E-state index in [9.17, 15) is 10.0 Å². The van der Waals surface area contributed by atoms with Crippen molar-refractivity contribution in [3.05, 3.63) is 59.6 Å². The summed E-state index contributed by atoms with van der Waals surface area (Å²) in [4.78, 5) is 11.8. The highest BCUT2D eigenvalue weighted by Crippen LogP contribution is 2.16. The van der Waals surface area contributed by atoms with Crippen LogP contribution in [0, 0.1) is 5.21 Å². The van der Waals surface area contributed by atoms with Crippen LogP contribution in [0.4, 0.5) is 0 Å². The lowest BCUT2D eigenvalue weighted by Gasteiger charge is -2.08. The summed E-state index contributed by atoms with van der Waals surface area (Å²) in [5, 5.41) is 13.6. The van der Waals surface area contributed by atoms with Crippen LogP contribution in [0.2, 0.25) is 0 Å². The fraction of sp³-hybridized carbons (Fsp3) is 0.200. The predicted octanol–water partition coefficient (Wildman–Crippen LogP) is 1.14. The van der Waals surface area contributed by atoms with Crippen molar-refractivity contribution in [3.63, 3.8) is 0 Å². The fourth-order valence-electron chi connectivity index (χ4n) is 1.67. The summed E-state index contributed by atoms with van der Waals surface area (Å²) < 4.78 is 11.2. The molecule has 0 spiro atoms. The number of amides is 1. The van der Waals surface area contributed by atoms with Crippen LogP contribution in [0.5, 0.6) is 11.5 Å². The molecule has 110 valence electrons. The van der Waals surface area contributed by atoms with Gasteiger partial charge in [0.05, 0.1) is 19.2 Å². The molecule has 0 radical (unpaired) electrons. The Bertz CT molecular complexity index is 582. The van der Waals surface area contributed by atoms with Gasteiger partial charge in [0.15, 0.2) is 12.4 Å². The molecule has 0 saturated heterocycles. The van der Waals surface area contributed by atoms with E-state index in [0.29, 0.717) is 29.2 Å². The Morgan fingerprint density at radius 2 is 1.76 bits per heavy atom. The third-order valence-electron chi connectivity index (χ3n) is 2.78. The Balaban J connectivity index is 1.73. The van der Waals surface area contributed by atoms with E-state index in [1.165, 1.54) is 24.5 Å². The maximum Gasteiger partial charge on any atom is 0.251 e. The lowest BCUT2D eigenvalue weighted by Crippen LogP contribution is -2.30. The zero-order valence-corrected chi connectivity index (χ0v) is 11.6. The molecule has 1 amide bonds. The molecule has 0 aliphatic carbocycles. The second-order valence-electron chi connectivity index (χ2n) is 4.23. The van der Waals surface area contributed by atoms with Gasteiger partial charge < -0.3 is 20.0 Å². The summed E-state index contributed by atoms with van der Waals surface area (Å²) >= 11 is 0. The molecule has 0 atom stereocenters. The largest absolute Gasteiger partial charge is 0.619 e. The van der Waals surface area contributed by atoms with Crippen molar-refractivity contribution in [2.24, 2.45) is 0 Å². The van der Waals surface area contributed by atoms with Crippen LogP contribution in [0.3, 0.4) is 0 Å². The normalized spacial score (nSPS) is 9.95. The van der Waals surface area contributed by atoms with Crippen LogP contribution in [0.25, 0.3) is 0 Å². The van der Waals surface area contributed by atoms with E-state index in [0.717, 1.165) is 5.75 Å². The summed E-state index contributed by atoms with van der Waals surface area (Å²) in [6, 6.07) is 10.1. The van der Waals surface area contributed by atoms with Gasteiger partial charge in [0.1, 0.15) is 18.1 Å². The van der Waals surface area contributed by atoms with Gasteiger partial charge in [0, 0.05) is 12.1 Å². The number of aromatic nitrogens is 1. The van der Waals surface area contributed by atoms with Gasteiger partial charge in [-0.25, -0.2) is 0 Å².